The molecule has 0 saturated carbocycles. The van der Waals surface area contributed by atoms with Crippen molar-refractivity contribution in [3.8, 4) is 5.75 Å². The van der Waals surface area contributed by atoms with Gasteiger partial charge in [-0.2, -0.15) is 0 Å². The molecule has 0 bridgehead atoms. The Bertz CT molecular complexity index is 397. The Morgan fingerprint density at radius 2 is 2.00 bits per heavy atom. The van der Waals surface area contributed by atoms with Gasteiger partial charge in [-0.3, -0.25) is 4.48 Å². The molecule has 0 aromatic heterocycles. The highest BCUT2D eigenvalue weighted by molar-refractivity contribution is 5.70. The second-order valence-corrected chi connectivity index (χ2v) is 4.89. The van der Waals surface area contributed by atoms with Crippen LogP contribution < -0.4 is 9.22 Å². The summed E-state index contributed by atoms with van der Waals surface area (Å²) in [5.74, 6) is 0.584. The molecule has 1 amide bonds. The lowest BCUT2D eigenvalue weighted by Crippen LogP contribution is -2.34. The van der Waals surface area contributed by atoms with Gasteiger partial charge in [0.2, 0.25) is 0 Å². The monoisotopic (exact) mass is 237 g/mol. The number of quaternary nitrogens is 1. The molecule has 0 saturated heterocycles. The number of hydrogen-bond acceptors (Lipinski definition) is 2. The Balaban J connectivity index is 2.83. The fourth-order valence-electron chi connectivity index (χ4n) is 1.27. The summed E-state index contributed by atoms with van der Waals surface area (Å²) in [5.41, 5.74) is 1.09. The fraction of sp³-hybridized carbons (Fsp3) is 0.462. The standard InChI is InChI=1S/C13H21N2O2/c1-6-14(2)13(16)17-12-9-7-8-11(10-12)15(3,4)5/h7-10H,6H2,1-5H3/q+1. The molecule has 0 atom stereocenters. The quantitative estimate of drug-likeness (QED) is 0.755. The summed E-state index contributed by atoms with van der Waals surface area (Å²) in [6.45, 7) is 2.54. The smallest absolute Gasteiger partial charge is 0.410 e. The summed E-state index contributed by atoms with van der Waals surface area (Å²) in [6, 6.07) is 7.59. The van der Waals surface area contributed by atoms with Gasteiger partial charge in [0, 0.05) is 19.7 Å². The van der Waals surface area contributed by atoms with Crippen molar-refractivity contribution in [1.82, 2.24) is 9.38 Å². The van der Waals surface area contributed by atoms with Crippen LogP contribution in [0.4, 0.5) is 10.5 Å². The zero-order valence-corrected chi connectivity index (χ0v) is 11.2. The third kappa shape index (κ3) is 3.75. The average Bonchev–Trinajstić information content (AvgIpc) is 2.27. The third-order valence-corrected chi connectivity index (χ3v) is 2.58. The normalized spacial score (nSPS) is 11.1. The Labute approximate surface area is 103 Å². The van der Waals surface area contributed by atoms with Crippen molar-refractivity contribution in [2.45, 2.75) is 6.92 Å². The molecule has 0 aliphatic carbocycles. The molecule has 1 rings (SSSR count). The van der Waals surface area contributed by atoms with Crippen LogP contribution in [0, 0.1) is 0 Å². The molecular formula is C13H21N2O2+. The minimum absolute atomic E-state index is 0.328. The number of rotatable bonds is 3. The molecule has 94 valence electrons. The first-order valence-corrected chi connectivity index (χ1v) is 5.69. The lowest BCUT2D eigenvalue weighted by atomic mass is 10.2. The predicted molar refractivity (Wildman–Crippen MR) is 70.3 cm³/mol. The summed E-state index contributed by atoms with van der Waals surface area (Å²) in [5, 5.41) is 0. The van der Waals surface area contributed by atoms with E-state index in [1.165, 1.54) is 4.90 Å². The zero-order valence-electron chi connectivity index (χ0n) is 11.2. The molecule has 0 aliphatic heterocycles. The summed E-state index contributed by atoms with van der Waals surface area (Å²) in [6.07, 6.45) is -0.328. The first-order chi connectivity index (χ1) is 7.84. The van der Waals surface area contributed by atoms with Crippen LogP contribution in [0.25, 0.3) is 0 Å². The van der Waals surface area contributed by atoms with Gasteiger partial charge in [0.25, 0.3) is 0 Å². The van der Waals surface area contributed by atoms with Crippen LogP contribution >= 0.6 is 0 Å². The van der Waals surface area contributed by atoms with E-state index in [1.54, 1.807) is 13.1 Å². The van der Waals surface area contributed by atoms with Crippen LogP contribution in [0.1, 0.15) is 6.92 Å². The summed E-state index contributed by atoms with van der Waals surface area (Å²) >= 11 is 0. The fourth-order valence-corrected chi connectivity index (χ4v) is 1.27. The minimum Gasteiger partial charge on any atom is -0.410 e. The van der Waals surface area contributed by atoms with E-state index in [4.69, 9.17) is 4.74 Å². The summed E-state index contributed by atoms with van der Waals surface area (Å²) in [7, 11) is 7.92. The molecule has 1 aromatic carbocycles. The van der Waals surface area contributed by atoms with Crippen LogP contribution in [0.3, 0.4) is 0 Å². The number of carbonyl (C=O) groups excluding carboxylic acids is 1. The molecule has 0 spiro atoms. The molecule has 0 radical (unpaired) electrons. The highest BCUT2D eigenvalue weighted by Crippen LogP contribution is 2.23. The number of hydrogen-bond donors (Lipinski definition) is 0. The summed E-state index contributed by atoms with van der Waals surface area (Å²) in [4.78, 5) is 13.1. The molecule has 4 nitrogen and oxygen atoms in total. The second kappa shape index (κ2) is 5.19. The van der Waals surface area contributed by atoms with E-state index in [9.17, 15) is 4.79 Å². The Hall–Kier alpha value is -1.55. The Morgan fingerprint density at radius 1 is 1.35 bits per heavy atom. The van der Waals surface area contributed by atoms with Crippen LogP contribution in [0.5, 0.6) is 5.75 Å². The lowest BCUT2D eigenvalue weighted by Gasteiger charge is -2.23. The van der Waals surface area contributed by atoms with Gasteiger partial charge >= 0.3 is 6.09 Å². The molecule has 0 unspecified atom stereocenters. The number of amides is 1. The third-order valence-electron chi connectivity index (χ3n) is 2.58. The van der Waals surface area contributed by atoms with Crippen LogP contribution in [-0.2, 0) is 0 Å². The maximum Gasteiger partial charge on any atom is 0.414 e. The van der Waals surface area contributed by atoms with Crippen molar-refractivity contribution < 1.29 is 9.53 Å². The van der Waals surface area contributed by atoms with Crippen molar-refractivity contribution in [2.75, 3.05) is 34.7 Å². The summed E-state index contributed by atoms with van der Waals surface area (Å²) < 4.78 is 5.97. The van der Waals surface area contributed by atoms with E-state index in [0.717, 1.165) is 5.69 Å². The van der Waals surface area contributed by atoms with Gasteiger partial charge in [-0.25, -0.2) is 4.79 Å². The maximum atomic E-state index is 11.6. The number of ether oxygens (including phenoxy) is 1. The molecular weight excluding hydrogens is 216 g/mol. The van der Waals surface area contributed by atoms with Crippen molar-refractivity contribution >= 4 is 11.8 Å². The van der Waals surface area contributed by atoms with Gasteiger partial charge in [0.05, 0.1) is 21.1 Å². The maximum absolute atomic E-state index is 11.6. The molecule has 1 aromatic rings. The second-order valence-electron chi connectivity index (χ2n) is 4.89. The van der Waals surface area contributed by atoms with Gasteiger partial charge in [-0.15, -0.1) is 0 Å². The van der Waals surface area contributed by atoms with E-state index < -0.39 is 0 Å². The van der Waals surface area contributed by atoms with Gasteiger partial charge in [-0.1, -0.05) is 6.07 Å². The molecule has 0 heterocycles. The van der Waals surface area contributed by atoms with Crippen molar-refractivity contribution in [3.05, 3.63) is 24.3 Å². The topological polar surface area (TPSA) is 29.5 Å². The zero-order chi connectivity index (χ0) is 13.1. The number of carbonyl (C=O) groups is 1. The predicted octanol–water partition coefficient (Wildman–Crippen LogP) is 2.33. The van der Waals surface area contributed by atoms with Gasteiger partial charge in [0.1, 0.15) is 11.4 Å². The SMILES string of the molecule is CCN(C)C(=O)Oc1cccc([N+](C)(C)C)c1. The number of benzene rings is 1. The van der Waals surface area contributed by atoms with E-state index in [1.807, 2.05) is 25.1 Å². The molecule has 17 heavy (non-hydrogen) atoms. The highest BCUT2D eigenvalue weighted by atomic mass is 16.6. The van der Waals surface area contributed by atoms with Crippen molar-refractivity contribution in [1.29, 1.82) is 0 Å². The minimum atomic E-state index is -0.328. The largest absolute Gasteiger partial charge is 0.414 e. The molecule has 0 N–H and O–H groups in total. The Morgan fingerprint density at radius 3 is 2.53 bits per heavy atom. The molecule has 0 aliphatic rings. The van der Waals surface area contributed by atoms with Gasteiger partial charge < -0.3 is 9.64 Å². The molecule has 4 heteroatoms. The highest BCUT2D eigenvalue weighted by Gasteiger charge is 2.15. The van der Waals surface area contributed by atoms with E-state index >= 15 is 0 Å². The average molecular weight is 237 g/mol. The van der Waals surface area contributed by atoms with Gasteiger partial charge in [-0.05, 0) is 19.1 Å². The van der Waals surface area contributed by atoms with E-state index in [2.05, 4.69) is 21.1 Å². The van der Waals surface area contributed by atoms with Crippen LogP contribution in [0.15, 0.2) is 24.3 Å². The lowest BCUT2D eigenvalue weighted by molar-refractivity contribution is 0.165. The van der Waals surface area contributed by atoms with Crippen LogP contribution in [-0.4, -0.2) is 45.7 Å². The van der Waals surface area contributed by atoms with Crippen molar-refractivity contribution in [2.24, 2.45) is 0 Å². The first-order valence-electron chi connectivity index (χ1n) is 5.69. The van der Waals surface area contributed by atoms with Gasteiger partial charge in [0.15, 0.2) is 0 Å². The molecule has 0 fully saturated rings. The Kier molecular flexibility index (Phi) is 4.12. The van der Waals surface area contributed by atoms with Crippen molar-refractivity contribution in [3.63, 3.8) is 0 Å². The van der Waals surface area contributed by atoms with E-state index in [0.29, 0.717) is 16.8 Å². The number of nitrogens with zero attached hydrogens (tertiary/aromatic N) is 2. The van der Waals surface area contributed by atoms with E-state index in [-0.39, 0.29) is 6.09 Å². The first kappa shape index (κ1) is 13.5. The van der Waals surface area contributed by atoms with Crippen LogP contribution in [0.2, 0.25) is 0 Å².